The van der Waals surface area contributed by atoms with Crippen molar-refractivity contribution in [1.82, 2.24) is 0 Å². The highest BCUT2D eigenvalue weighted by Gasteiger charge is 2.30. The fourth-order valence-corrected chi connectivity index (χ4v) is 3.12. The summed E-state index contributed by atoms with van der Waals surface area (Å²) in [5.41, 5.74) is 0.825. The molecule has 2 aromatic rings. The highest BCUT2D eigenvalue weighted by Crippen LogP contribution is 2.44. The number of halogens is 1. The Morgan fingerprint density at radius 2 is 1.47 bits per heavy atom. The summed E-state index contributed by atoms with van der Waals surface area (Å²) < 4.78 is 21.9. The van der Waals surface area contributed by atoms with Crippen molar-refractivity contribution in [3.05, 3.63) is 45.5 Å². The van der Waals surface area contributed by atoms with Crippen LogP contribution in [0.2, 0.25) is 5.02 Å². The van der Waals surface area contributed by atoms with E-state index >= 15 is 0 Å². The highest BCUT2D eigenvalue weighted by molar-refractivity contribution is 6.32. The minimum absolute atomic E-state index is 0.137. The van der Waals surface area contributed by atoms with Gasteiger partial charge < -0.3 is 18.9 Å². The van der Waals surface area contributed by atoms with E-state index in [0.717, 1.165) is 0 Å². The Kier molecular flexibility index (Phi) is 7.03. The van der Waals surface area contributed by atoms with Crippen LogP contribution in [0.5, 0.6) is 23.0 Å². The fourth-order valence-electron chi connectivity index (χ4n) is 2.97. The molecule has 2 aromatic carbocycles. The lowest BCUT2D eigenvalue weighted by Crippen LogP contribution is -2.26. The standard InChI is InChI=1S/C23H27ClO6/c1-12-11-16(27-6)20(28-7)21(29-8)17(12)19(25)18-13(2)14(24)9-10-15(18)30-22(26)23(3,4)5/h9-11H,1-8H3. The summed E-state index contributed by atoms with van der Waals surface area (Å²) in [6.45, 7) is 8.67. The molecule has 7 heteroatoms. The Bertz CT molecular complexity index is 988. The van der Waals surface area contributed by atoms with Gasteiger partial charge in [0.2, 0.25) is 11.5 Å². The number of carbonyl (C=O) groups excluding carboxylic acids is 2. The third-order valence-corrected chi connectivity index (χ3v) is 5.07. The Balaban J connectivity index is 2.76. The topological polar surface area (TPSA) is 71.1 Å². The molecule has 0 aliphatic heterocycles. The molecule has 0 unspecified atom stereocenters. The molecule has 6 nitrogen and oxygen atoms in total. The van der Waals surface area contributed by atoms with E-state index in [2.05, 4.69) is 0 Å². The average molecular weight is 435 g/mol. The smallest absolute Gasteiger partial charge is 0.316 e. The fraction of sp³-hybridized carbons (Fsp3) is 0.391. The predicted octanol–water partition coefficient (Wildman–Crippen LogP) is 5.17. The largest absolute Gasteiger partial charge is 0.493 e. The van der Waals surface area contributed by atoms with Gasteiger partial charge in [0.05, 0.1) is 37.9 Å². The number of rotatable bonds is 6. The van der Waals surface area contributed by atoms with Crippen molar-refractivity contribution in [3.8, 4) is 23.0 Å². The maximum Gasteiger partial charge on any atom is 0.316 e. The number of carbonyl (C=O) groups is 2. The molecular formula is C23H27ClO6. The monoisotopic (exact) mass is 434 g/mol. The van der Waals surface area contributed by atoms with E-state index in [9.17, 15) is 9.59 Å². The van der Waals surface area contributed by atoms with Crippen LogP contribution in [0.1, 0.15) is 47.8 Å². The van der Waals surface area contributed by atoms with Crippen LogP contribution in [-0.4, -0.2) is 33.1 Å². The maximum absolute atomic E-state index is 13.7. The first-order valence-electron chi connectivity index (χ1n) is 9.33. The number of benzene rings is 2. The van der Waals surface area contributed by atoms with Crippen molar-refractivity contribution in [2.24, 2.45) is 5.41 Å². The van der Waals surface area contributed by atoms with Crippen molar-refractivity contribution in [1.29, 1.82) is 0 Å². The van der Waals surface area contributed by atoms with Crippen LogP contribution in [-0.2, 0) is 4.79 Å². The van der Waals surface area contributed by atoms with Crippen molar-refractivity contribution >= 4 is 23.4 Å². The molecule has 0 atom stereocenters. The molecule has 0 bridgehead atoms. The molecule has 0 fully saturated rings. The Hall–Kier alpha value is -2.73. The van der Waals surface area contributed by atoms with Gasteiger partial charge in [-0.1, -0.05) is 11.6 Å². The zero-order valence-corrected chi connectivity index (χ0v) is 19.3. The van der Waals surface area contributed by atoms with E-state index in [1.165, 1.54) is 27.4 Å². The second kappa shape index (κ2) is 8.96. The second-order valence-corrected chi connectivity index (χ2v) is 8.26. The predicted molar refractivity (Wildman–Crippen MR) is 116 cm³/mol. The number of ether oxygens (including phenoxy) is 4. The molecule has 0 aromatic heterocycles. The van der Waals surface area contributed by atoms with Gasteiger partial charge in [-0.3, -0.25) is 9.59 Å². The van der Waals surface area contributed by atoms with Gasteiger partial charge in [0, 0.05) is 5.02 Å². The molecule has 0 N–H and O–H groups in total. The molecule has 0 heterocycles. The molecule has 0 aliphatic rings. The maximum atomic E-state index is 13.7. The first-order valence-corrected chi connectivity index (χ1v) is 9.71. The van der Waals surface area contributed by atoms with Gasteiger partial charge in [0.25, 0.3) is 0 Å². The van der Waals surface area contributed by atoms with Gasteiger partial charge in [-0.15, -0.1) is 0 Å². The lowest BCUT2D eigenvalue weighted by atomic mass is 9.93. The normalized spacial score (nSPS) is 11.1. The molecular weight excluding hydrogens is 408 g/mol. The number of ketones is 1. The molecule has 0 amide bonds. The molecule has 30 heavy (non-hydrogen) atoms. The van der Waals surface area contributed by atoms with Crippen molar-refractivity contribution in [3.63, 3.8) is 0 Å². The van der Waals surface area contributed by atoms with Gasteiger partial charge in [0.15, 0.2) is 11.5 Å². The molecule has 0 aliphatic carbocycles. The van der Waals surface area contributed by atoms with Gasteiger partial charge in [-0.25, -0.2) is 0 Å². The van der Waals surface area contributed by atoms with Gasteiger partial charge in [-0.2, -0.15) is 0 Å². The minimum atomic E-state index is -0.745. The first-order chi connectivity index (χ1) is 14.0. The molecule has 0 saturated carbocycles. The Labute approximate surface area is 182 Å². The van der Waals surface area contributed by atoms with Crippen LogP contribution < -0.4 is 18.9 Å². The third kappa shape index (κ3) is 4.38. The van der Waals surface area contributed by atoms with E-state index in [-0.39, 0.29) is 22.6 Å². The van der Waals surface area contributed by atoms with Crippen LogP contribution in [0.3, 0.4) is 0 Å². The SMILES string of the molecule is COc1cc(C)c(C(=O)c2c(OC(=O)C(C)(C)C)ccc(Cl)c2C)c(OC)c1OC. The second-order valence-electron chi connectivity index (χ2n) is 7.85. The van der Waals surface area contributed by atoms with E-state index in [4.69, 9.17) is 30.5 Å². The summed E-state index contributed by atoms with van der Waals surface area (Å²) in [6, 6.07) is 4.81. The Morgan fingerprint density at radius 3 is 1.97 bits per heavy atom. The van der Waals surface area contributed by atoms with E-state index in [0.29, 0.717) is 27.6 Å². The van der Waals surface area contributed by atoms with Crippen LogP contribution in [0.25, 0.3) is 0 Å². The van der Waals surface area contributed by atoms with Crippen LogP contribution >= 0.6 is 11.6 Å². The number of hydrogen-bond donors (Lipinski definition) is 0. The van der Waals surface area contributed by atoms with Crippen LogP contribution in [0.15, 0.2) is 18.2 Å². The number of hydrogen-bond acceptors (Lipinski definition) is 6. The number of methoxy groups -OCH3 is 3. The lowest BCUT2D eigenvalue weighted by Gasteiger charge is -2.21. The van der Waals surface area contributed by atoms with Crippen molar-refractivity contribution < 1.29 is 28.5 Å². The van der Waals surface area contributed by atoms with Crippen molar-refractivity contribution in [2.75, 3.05) is 21.3 Å². The molecule has 0 spiro atoms. The lowest BCUT2D eigenvalue weighted by molar-refractivity contribution is -0.143. The summed E-state index contributed by atoms with van der Waals surface area (Å²) >= 11 is 6.29. The highest BCUT2D eigenvalue weighted by atomic mass is 35.5. The summed E-state index contributed by atoms with van der Waals surface area (Å²) in [6.07, 6.45) is 0. The molecule has 0 saturated heterocycles. The zero-order chi connectivity index (χ0) is 22.8. The number of esters is 1. The quantitative estimate of drug-likeness (QED) is 0.355. The minimum Gasteiger partial charge on any atom is -0.493 e. The van der Waals surface area contributed by atoms with Gasteiger partial charge in [-0.05, 0) is 63.9 Å². The van der Waals surface area contributed by atoms with Gasteiger partial charge >= 0.3 is 5.97 Å². The zero-order valence-electron chi connectivity index (χ0n) is 18.6. The summed E-state index contributed by atoms with van der Waals surface area (Å²) in [5, 5.41) is 0.381. The Morgan fingerprint density at radius 1 is 0.867 bits per heavy atom. The van der Waals surface area contributed by atoms with Crippen LogP contribution in [0.4, 0.5) is 0 Å². The van der Waals surface area contributed by atoms with E-state index in [1.807, 2.05) is 0 Å². The summed E-state index contributed by atoms with van der Waals surface area (Å²) in [4.78, 5) is 26.2. The summed E-state index contributed by atoms with van der Waals surface area (Å²) in [5.74, 6) is 0.230. The van der Waals surface area contributed by atoms with Gasteiger partial charge in [0.1, 0.15) is 5.75 Å². The van der Waals surface area contributed by atoms with Crippen molar-refractivity contribution in [2.45, 2.75) is 34.6 Å². The van der Waals surface area contributed by atoms with E-state index in [1.54, 1.807) is 46.8 Å². The molecule has 0 radical (unpaired) electrons. The average Bonchev–Trinajstić information content (AvgIpc) is 2.68. The molecule has 162 valence electrons. The molecule has 2 rings (SSSR count). The van der Waals surface area contributed by atoms with Crippen LogP contribution in [0, 0.1) is 19.3 Å². The number of aryl methyl sites for hydroxylation is 1. The van der Waals surface area contributed by atoms with E-state index < -0.39 is 17.2 Å². The third-order valence-electron chi connectivity index (χ3n) is 4.66. The summed E-state index contributed by atoms with van der Waals surface area (Å²) in [7, 11) is 4.41. The first kappa shape index (κ1) is 23.5.